The molecule has 20 heavy (non-hydrogen) atoms. The highest BCUT2D eigenvalue weighted by molar-refractivity contribution is 5.92. The zero-order valence-electron chi connectivity index (χ0n) is 10.8. The SMILES string of the molecule is CC(NC(=O)c1cnccn1)c1nc2ccccc2o1. The van der Waals surface area contributed by atoms with E-state index in [0.29, 0.717) is 11.5 Å². The standard InChI is InChI=1S/C14H12N4O2/c1-9(17-13(19)11-8-15-6-7-16-11)14-18-10-4-2-3-5-12(10)20-14/h2-9H,1H3,(H,17,19). The molecule has 3 aromatic rings. The Morgan fingerprint density at radius 3 is 2.90 bits per heavy atom. The Bertz CT molecular complexity index is 706. The van der Waals surface area contributed by atoms with E-state index in [-0.39, 0.29) is 17.6 Å². The van der Waals surface area contributed by atoms with Crippen molar-refractivity contribution >= 4 is 17.0 Å². The maximum atomic E-state index is 12.0. The molecule has 6 heteroatoms. The molecule has 100 valence electrons. The fraction of sp³-hybridized carbons (Fsp3) is 0.143. The summed E-state index contributed by atoms with van der Waals surface area (Å²) in [5.41, 5.74) is 1.72. The number of hydrogen-bond donors (Lipinski definition) is 1. The number of fused-ring (bicyclic) bond motifs is 1. The summed E-state index contributed by atoms with van der Waals surface area (Å²) in [7, 11) is 0. The van der Waals surface area contributed by atoms with Gasteiger partial charge in [0.25, 0.3) is 5.91 Å². The lowest BCUT2D eigenvalue weighted by Gasteiger charge is -2.09. The molecule has 6 nitrogen and oxygen atoms in total. The van der Waals surface area contributed by atoms with Crippen LogP contribution in [0.3, 0.4) is 0 Å². The first-order valence-corrected chi connectivity index (χ1v) is 6.16. The van der Waals surface area contributed by atoms with Crippen molar-refractivity contribution in [2.75, 3.05) is 0 Å². The maximum Gasteiger partial charge on any atom is 0.272 e. The van der Waals surface area contributed by atoms with Crippen LogP contribution in [0, 0.1) is 0 Å². The van der Waals surface area contributed by atoms with Crippen molar-refractivity contribution in [3.8, 4) is 0 Å². The summed E-state index contributed by atoms with van der Waals surface area (Å²) in [4.78, 5) is 24.1. The largest absolute Gasteiger partial charge is 0.438 e. The van der Waals surface area contributed by atoms with Gasteiger partial charge in [0.2, 0.25) is 5.89 Å². The zero-order chi connectivity index (χ0) is 13.9. The van der Waals surface area contributed by atoms with E-state index in [1.165, 1.54) is 18.6 Å². The number of amides is 1. The number of carbonyl (C=O) groups is 1. The lowest BCUT2D eigenvalue weighted by molar-refractivity contribution is 0.0929. The summed E-state index contributed by atoms with van der Waals surface area (Å²) in [6.07, 6.45) is 4.40. The number of benzene rings is 1. The molecule has 2 heterocycles. The predicted octanol–water partition coefficient (Wildman–Crippen LogP) is 2.11. The van der Waals surface area contributed by atoms with Crippen LogP contribution < -0.4 is 5.32 Å². The fourth-order valence-electron chi connectivity index (χ4n) is 1.82. The molecule has 0 saturated carbocycles. The van der Waals surface area contributed by atoms with E-state index in [4.69, 9.17) is 4.42 Å². The van der Waals surface area contributed by atoms with Gasteiger partial charge in [0.05, 0.1) is 6.20 Å². The average Bonchev–Trinajstić information content (AvgIpc) is 2.92. The number of carbonyl (C=O) groups excluding carboxylic acids is 1. The van der Waals surface area contributed by atoms with Crippen LogP contribution in [-0.2, 0) is 0 Å². The van der Waals surface area contributed by atoms with E-state index < -0.39 is 0 Å². The Morgan fingerprint density at radius 1 is 1.30 bits per heavy atom. The van der Waals surface area contributed by atoms with Gasteiger partial charge < -0.3 is 9.73 Å². The highest BCUT2D eigenvalue weighted by Crippen LogP contribution is 2.19. The second-order valence-electron chi connectivity index (χ2n) is 4.31. The van der Waals surface area contributed by atoms with E-state index in [0.717, 1.165) is 5.52 Å². The van der Waals surface area contributed by atoms with Gasteiger partial charge in [-0.25, -0.2) is 9.97 Å². The minimum Gasteiger partial charge on any atom is -0.438 e. The molecule has 0 spiro atoms. The maximum absolute atomic E-state index is 12.0. The van der Waals surface area contributed by atoms with Crippen LogP contribution in [0.15, 0.2) is 47.3 Å². The highest BCUT2D eigenvalue weighted by Gasteiger charge is 2.17. The number of para-hydroxylation sites is 2. The summed E-state index contributed by atoms with van der Waals surface area (Å²) in [5.74, 6) is 0.149. The Kier molecular flexibility index (Phi) is 3.12. The minimum atomic E-state index is -0.350. The Morgan fingerprint density at radius 2 is 2.15 bits per heavy atom. The van der Waals surface area contributed by atoms with E-state index in [9.17, 15) is 4.79 Å². The van der Waals surface area contributed by atoms with Gasteiger partial charge in [-0.1, -0.05) is 12.1 Å². The summed E-state index contributed by atoms with van der Waals surface area (Å²) in [6, 6.07) is 7.11. The fourth-order valence-corrected chi connectivity index (χ4v) is 1.82. The van der Waals surface area contributed by atoms with E-state index in [1.807, 2.05) is 24.3 Å². The van der Waals surface area contributed by atoms with Crippen molar-refractivity contribution in [2.24, 2.45) is 0 Å². The zero-order valence-corrected chi connectivity index (χ0v) is 10.8. The smallest absolute Gasteiger partial charge is 0.272 e. The molecule has 0 bridgehead atoms. The van der Waals surface area contributed by atoms with Crippen LogP contribution in [0.1, 0.15) is 29.3 Å². The third-order valence-corrected chi connectivity index (χ3v) is 2.82. The van der Waals surface area contributed by atoms with Crippen molar-refractivity contribution in [3.63, 3.8) is 0 Å². The Balaban J connectivity index is 1.79. The second kappa shape index (κ2) is 5.08. The molecule has 0 aliphatic rings. The quantitative estimate of drug-likeness (QED) is 0.786. The summed E-state index contributed by atoms with van der Waals surface area (Å²) in [6.45, 7) is 1.80. The van der Waals surface area contributed by atoms with E-state index >= 15 is 0 Å². The first-order chi connectivity index (χ1) is 9.74. The van der Waals surface area contributed by atoms with Crippen LogP contribution in [0.25, 0.3) is 11.1 Å². The average molecular weight is 268 g/mol. The molecule has 3 rings (SSSR count). The second-order valence-corrected chi connectivity index (χ2v) is 4.31. The molecular formula is C14H12N4O2. The van der Waals surface area contributed by atoms with Crippen molar-refractivity contribution < 1.29 is 9.21 Å². The molecule has 1 N–H and O–H groups in total. The molecule has 1 aromatic carbocycles. The molecule has 0 aliphatic carbocycles. The molecule has 0 aliphatic heterocycles. The van der Waals surface area contributed by atoms with Gasteiger partial charge in [0.1, 0.15) is 17.3 Å². The van der Waals surface area contributed by atoms with Crippen molar-refractivity contribution in [2.45, 2.75) is 13.0 Å². The number of nitrogens with zero attached hydrogens (tertiary/aromatic N) is 3. The van der Waals surface area contributed by atoms with Crippen LogP contribution >= 0.6 is 0 Å². The van der Waals surface area contributed by atoms with E-state index in [1.54, 1.807) is 6.92 Å². The van der Waals surface area contributed by atoms with Gasteiger partial charge in [-0.3, -0.25) is 9.78 Å². The van der Waals surface area contributed by atoms with Crippen molar-refractivity contribution in [1.29, 1.82) is 0 Å². The number of nitrogens with one attached hydrogen (secondary N) is 1. The molecule has 1 unspecified atom stereocenters. The number of oxazole rings is 1. The van der Waals surface area contributed by atoms with Crippen LogP contribution in [-0.4, -0.2) is 20.9 Å². The molecule has 2 aromatic heterocycles. The van der Waals surface area contributed by atoms with Gasteiger partial charge in [-0.15, -0.1) is 0 Å². The van der Waals surface area contributed by atoms with Crippen molar-refractivity contribution in [1.82, 2.24) is 20.3 Å². The van der Waals surface area contributed by atoms with Gasteiger partial charge in [-0.05, 0) is 19.1 Å². The summed E-state index contributed by atoms with van der Waals surface area (Å²) >= 11 is 0. The number of rotatable bonds is 3. The Hall–Kier alpha value is -2.76. The third-order valence-electron chi connectivity index (χ3n) is 2.82. The minimum absolute atomic E-state index is 0.260. The molecule has 1 atom stereocenters. The first-order valence-electron chi connectivity index (χ1n) is 6.16. The summed E-state index contributed by atoms with van der Waals surface area (Å²) in [5, 5.41) is 2.78. The third kappa shape index (κ3) is 2.35. The molecule has 0 radical (unpaired) electrons. The van der Waals surface area contributed by atoms with Crippen LogP contribution in [0.5, 0.6) is 0 Å². The topological polar surface area (TPSA) is 80.9 Å². The van der Waals surface area contributed by atoms with Crippen LogP contribution in [0.2, 0.25) is 0 Å². The van der Waals surface area contributed by atoms with Crippen LogP contribution in [0.4, 0.5) is 0 Å². The molecule has 0 fully saturated rings. The first kappa shape index (κ1) is 12.3. The number of aromatic nitrogens is 3. The predicted molar refractivity (Wildman–Crippen MR) is 71.9 cm³/mol. The normalized spacial score (nSPS) is 12.2. The summed E-state index contributed by atoms with van der Waals surface area (Å²) < 4.78 is 5.60. The van der Waals surface area contributed by atoms with Gasteiger partial charge in [0.15, 0.2) is 5.58 Å². The molecule has 0 saturated heterocycles. The Labute approximate surface area is 114 Å². The van der Waals surface area contributed by atoms with Gasteiger partial charge in [-0.2, -0.15) is 0 Å². The van der Waals surface area contributed by atoms with Gasteiger partial charge >= 0.3 is 0 Å². The van der Waals surface area contributed by atoms with E-state index in [2.05, 4.69) is 20.3 Å². The monoisotopic (exact) mass is 268 g/mol. The number of hydrogen-bond acceptors (Lipinski definition) is 5. The lowest BCUT2D eigenvalue weighted by Crippen LogP contribution is -2.27. The molecule has 1 amide bonds. The lowest BCUT2D eigenvalue weighted by atomic mass is 10.3. The van der Waals surface area contributed by atoms with Gasteiger partial charge in [0, 0.05) is 12.4 Å². The van der Waals surface area contributed by atoms with Crippen molar-refractivity contribution in [3.05, 3.63) is 54.4 Å². The highest BCUT2D eigenvalue weighted by atomic mass is 16.3. The molecular weight excluding hydrogens is 256 g/mol.